The van der Waals surface area contributed by atoms with Crippen molar-refractivity contribution in [1.29, 1.82) is 0 Å². The smallest absolute Gasteiger partial charge is 0.217 e. The molecule has 12 heavy (non-hydrogen) atoms. The molecule has 1 aromatic heterocycles. The van der Waals surface area contributed by atoms with Crippen LogP contribution in [0.3, 0.4) is 0 Å². The van der Waals surface area contributed by atoms with Gasteiger partial charge in [-0.1, -0.05) is 13.8 Å². The first-order valence-corrected chi connectivity index (χ1v) is 3.98. The third-order valence-electron chi connectivity index (χ3n) is 2.17. The van der Waals surface area contributed by atoms with E-state index in [1.54, 1.807) is 6.20 Å². The predicted molar refractivity (Wildman–Crippen MR) is 47.2 cm³/mol. The minimum Gasteiger partial charge on any atom is -0.477 e. The maximum Gasteiger partial charge on any atom is 0.217 e. The number of rotatable bonds is 0. The zero-order chi connectivity index (χ0) is 8.77. The fourth-order valence-corrected chi connectivity index (χ4v) is 1.39. The Kier molecular flexibility index (Phi) is 1.31. The third-order valence-corrected chi connectivity index (χ3v) is 2.17. The molecule has 0 radical (unpaired) electrons. The second kappa shape index (κ2) is 2.12. The van der Waals surface area contributed by atoms with Crippen molar-refractivity contribution < 1.29 is 4.74 Å². The Morgan fingerprint density at radius 3 is 3.08 bits per heavy atom. The summed E-state index contributed by atoms with van der Waals surface area (Å²) in [5.74, 6) is 0.731. The zero-order valence-corrected chi connectivity index (χ0v) is 7.29. The predicted octanol–water partition coefficient (Wildman–Crippen LogP) is 1.33. The standard InChI is InChI=1S/C9H12N2O/c1-9(2)5-12-8-7(9)3-6(10)4-11-8/h3-4H,5,10H2,1-2H3. The maximum absolute atomic E-state index is 5.63. The molecule has 2 N–H and O–H groups in total. The van der Waals surface area contributed by atoms with Gasteiger partial charge >= 0.3 is 0 Å². The maximum atomic E-state index is 5.63. The molecule has 2 heterocycles. The Morgan fingerprint density at radius 1 is 1.58 bits per heavy atom. The number of hydrogen-bond acceptors (Lipinski definition) is 3. The van der Waals surface area contributed by atoms with Crippen molar-refractivity contribution in [2.45, 2.75) is 19.3 Å². The van der Waals surface area contributed by atoms with E-state index in [0.717, 1.165) is 11.4 Å². The van der Waals surface area contributed by atoms with Crippen LogP contribution in [0.2, 0.25) is 0 Å². The van der Waals surface area contributed by atoms with Gasteiger partial charge in [0.2, 0.25) is 5.88 Å². The summed E-state index contributed by atoms with van der Waals surface area (Å²) in [6.45, 7) is 4.94. The average molecular weight is 164 g/mol. The monoisotopic (exact) mass is 164 g/mol. The molecule has 3 nitrogen and oxygen atoms in total. The number of aromatic nitrogens is 1. The van der Waals surface area contributed by atoms with Crippen molar-refractivity contribution in [2.24, 2.45) is 0 Å². The highest BCUT2D eigenvalue weighted by Gasteiger charge is 2.32. The van der Waals surface area contributed by atoms with E-state index in [2.05, 4.69) is 18.8 Å². The van der Waals surface area contributed by atoms with E-state index in [4.69, 9.17) is 10.5 Å². The number of anilines is 1. The van der Waals surface area contributed by atoms with Gasteiger partial charge in [-0.3, -0.25) is 0 Å². The summed E-state index contributed by atoms with van der Waals surface area (Å²) in [7, 11) is 0. The molecule has 0 aliphatic carbocycles. The molecule has 0 saturated heterocycles. The molecule has 1 aliphatic rings. The lowest BCUT2D eigenvalue weighted by Crippen LogP contribution is -2.18. The van der Waals surface area contributed by atoms with Crippen LogP contribution in [-0.2, 0) is 5.41 Å². The molecule has 0 atom stereocenters. The Balaban J connectivity index is 2.57. The summed E-state index contributed by atoms with van der Waals surface area (Å²) in [6, 6.07) is 1.94. The van der Waals surface area contributed by atoms with Crippen LogP contribution in [0.15, 0.2) is 12.3 Å². The van der Waals surface area contributed by atoms with Gasteiger partial charge in [-0.05, 0) is 6.07 Å². The average Bonchev–Trinajstić information content (AvgIpc) is 2.28. The highest BCUT2D eigenvalue weighted by Crippen LogP contribution is 2.37. The van der Waals surface area contributed by atoms with Crippen molar-refractivity contribution in [3.05, 3.63) is 17.8 Å². The molecular weight excluding hydrogens is 152 g/mol. The number of ether oxygens (including phenoxy) is 1. The highest BCUT2D eigenvalue weighted by molar-refractivity contribution is 5.47. The van der Waals surface area contributed by atoms with Gasteiger partial charge in [0.1, 0.15) is 0 Å². The van der Waals surface area contributed by atoms with Crippen LogP contribution in [0.5, 0.6) is 5.88 Å². The second-order valence-corrected chi connectivity index (χ2v) is 3.79. The van der Waals surface area contributed by atoms with Crippen LogP contribution in [0.25, 0.3) is 0 Å². The van der Waals surface area contributed by atoms with Gasteiger partial charge < -0.3 is 10.5 Å². The molecule has 0 spiro atoms. The van der Waals surface area contributed by atoms with Crippen molar-refractivity contribution in [3.63, 3.8) is 0 Å². The van der Waals surface area contributed by atoms with Crippen molar-refractivity contribution >= 4 is 5.69 Å². The highest BCUT2D eigenvalue weighted by atomic mass is 16.5. The largest absolute Gasteiger partial charge is 0.477 e. The van der Waals surface area contributed by atoms with E-state index in [1.165, 1.54) is 0 Å². The molecule has 64 valence electrons. The number of nitrogens with zero attached hydrogens (tertiary/aromatic N) is 1. The van der Waals surface area contributed by atoms with Crippen LogP contribution in [0, 0.1) is 0 Å². The molecule has 0 saturated carbocycles. The summed E-state index contributed by atoms with van der Waals surface area (Å²) < 4.78 is 5.40. The summed E-state index contributed by atoms with van der Waals surface area (Å²) in [5.41, 5.74) is 7.50. The van der Waals surface area contributed by atoms with Crippen LogP contribution in [0.4, 0.5) is 5.69 Å². The first-order valence-electron chi connectivity index (χ1n) is 3.98. The first-order chi connectivity index (χ1) is 5.59. The number of fused-ring (bicyclic) bond motifs is 1. The van der Waals surface area contributed by atoms with Gasteiger partial charge in [0.15, 0.2) is 0 Å². The lowest BCUT2D eigenvalue weighted by Gasteiger charge is -2.14. The van der Waals surface area contributed by atoms with Crippen molar-refractivity contribution in [3.8, 4) is 5.88 Å². The molecule has 0 aromatic carbocycles. The Hall–Kier alpha value is -1.25. The fraction of sp³-hybridized carbons (Fsp3) is 0.444. The van der Waals surface area contributed by atoms with E-state index < -0.39 is 0 Å². The topological polar surface area (TPSA) is 48.1 Å². The Morgan fingerprint density at radius 2 is 2.33 bits per heavy atom. The number of nitrogen functional groups attached to an aromatic ring is 1. The van der Waals surface area contributed by atoms with Gasteiger partial charge in [0.25, 0.3) is 0 Å². The van der Waals surface area contributed by atoms with E-state index in [0.29, 0.717) is 12.3 Å². The summed E-state index contributed by atoms with van der Waals surface area (Å²) in [4.78, 5) is 4.11. The van der Waals surface area contributed by atoms with E-state index >= 15 is 0 Å². The molecule has 2 rings (SSSR count). The summed E-state index contributed by atoms with van der Waals surface area (Å²) in [6.07, 6.45) is 1.63. The molecule has 1 aliphatic heterocycles. The zero-order valence-electron chi connectivity index (χ0n) is 7.29. The molecule has 0 fully saturated rings. The lowest BCUT2D eigenvalue weighted by atomic mass is 9.88. The molecule has 3 heteroatoms. The molecule has 0 bridgehead atoms. The quantitative estimate of drug-likeness (QED) is 0.629. The summed E-state index contributed by atoms with van der Waals surface area (Å²) in [5, 5.41) is 0. The minimum atomic E-state index is 0.0533. The molecular formula is C9H12N2O. The third kappa shape index (κ3) is 0.932. The lowest BCUT2D eigenvalue weighted by molar-refractivity contribution is 0.284. The van der Waals surface area contributed by atoms with E-state index in [1.807, 2.05) is 6.07 Å². The molecule has 1 aromatic rings. The minimum absolute atomic E-state index is 0.0533. The normalized spacial score (nSPS) is 18.5. The van der Waals surface area contributed by atoms with Gasteiger partial charge in [-0.25, -0.2) is 4.98 Å². The van der Waals surface area contributed by atoms with Crippen LogP contribution < -0.4 is 10.5 Å². The Bertz CT molecular complexity index is 320. The first kappa shape index (κ1) is 7.40. The number of pyridine rings is 1. The summed E-state index contributed by atoms with van der Waals surface area (Å²) >= 11 is 0. The van der Waals surface area contributed by atoms with Gasteiger partial charge in [0.05, 0.1) is 18.5 Å². The van der Waals surface area contributed by atoms with Crippen LogP contribution in [-0.4, -0.2) is 11.6 Å². The van der Waals surface area contributed by atoms with Gasteiger partial charge in [-0.2, -0.15) is 0 Å². The van der Waals surface area contributed by atoms with Crippen LogP contribution in [0.1, 0.15) is 19.4 Å². The number of hydrogen-bond donors (Lipinski definition) is 1. The fourth-order valence-electron chi connectivity index (χ4n) is 1.39. The SMILES string of the molecule is CC1(C)COc2ncc(N)cc21. The Labute approximate surface area is 71.6 Å². The van der Waals surface area contributed by atoms with Crippen LogP contribution >= 0.6 is 0 Å². The van der Waals surface area contributed by atoms with Gasteiger partial charge in [-0.15, -0.1) is 0 Å². The van der Waals surface area contributed by atoms with Crippen molar-refractivity contribution in [2.75, 3.05) is 12.3 Å². The second-order valence-electron chi connectivity index (χ2n) is 3.79. The van der Waals surface area contributed by atoms with E-state index in [9.17, 15) is 0 Å². The number of nitrogens with two attached hydrogens (primary N) is 1. The molecule has 0 unspecified atom stereocenters. The molecule has 0 amide bonds. The van der Waals surface area contributed by atoms with E-state index in [-0.39, 0.29) is 5.41 Å². The van der Waals surface area contributed by atoms with Gasteiger partial charge in [0, 0.05) is 11.0 Å². The van der Waals surface area contributed by atoms with Crippen molar-refractivity contribution in [1.82, 2.24) is 4.98 Å².